The summed E-state index contributed by atoms with van der Waals surface area (Å²) in [5.74, 6) is -0.310. The molecule has 0 unspecified atom stereocenters. The number of hydrogen-bond donors (Lipinski definition) is 1. The fraction of sp³-hybridized carbons (Fsp3) is 0.286. The summed E-state index contributed by atoms with van der Waals surface area (Å²) in [4.78, 5) is 12.0. The lowest BCUT2D eigenvalue weighted by Crippen LogP contribution is -2.32. The molecule has 1 aliphatic rings. The lowest BCUT2D eigenvalue weighted by atomic mass is 10.1. The van der Waals surface area contributed by atoms with Crippen molar-refractivity contribution in [2.75, 3.05) is 6.54 Å². The van der Waals surface area contributed by atoms with Crippen LogP contribution in [0.5, 0.6) is 0 Å². The van der Waals surface area contributed by atoms with Gasteiger partial charge in [0.05, 0.1) is 12.2 Å². The van der Waals surface area contributed by atoms with Gasteiger partial charge < -0.3 is 5.32 Å². The Labute approximate surface area is 109 Å². The molecular formula is C14H14FN3O. The van der Waals surface area contributed by atoms with Gasteiger partial charge in [0.2, 0.25) is 0 Å². The summed E-state index contributed by atoms with van der Waals surface area (Å²) in [7, 11) is 0. The molecule has 0 spiro atoms. The molecule has 0 saturated carbocycles. The molecule has 3 rings (SSSR count). The van der Waals surface area contributed by atoms with E-state index in [1.54, 1.807) is 24.3 Å². The van der Waals surface area contributed by atoms with Gasteiger partial charge in [-0.15, -0.1) is 0 Å². The zero-order valence-electron chi connectivity index (χ0n) is 10.4. The van der Waals surface area contributed by atoms with E-state index in [0.29, 0.717) is 12.1 Å². The molecule has 2 aromatic rings. The van der Waals surface area contributed by atoms with Gasteiger partial charge in [-0.3, -0.25) is 4.79 Å². The molecule has 0 aliphatic carbocycles. The van der Waals surface area contributed by atoms with Crippen LogP contribution in [0.4, 0.5) is 4.39 Å². The highest BCUT2D eigenvalue weighted by molar-refractivity contribution is 5.22. The Hall–Kier alpha value is -2.01. The van der Waals surface area contributed by atoms with Crippen LogP contribution in [0, 0.1) is 5.82 Å². The molecule has 5 heteroatoms. The third-order valence-electron chi connectivity index (χ3n) is 3.30. The van der Waals surface area contributed by atoms with Crippen molar-refractivity contribution in [1.82, 2.24) is 15.1 Å². The third-order valence-corrected chi connectivity index (χ3v) is 3.30. The van der Waals surface area contributed by atoms with Crippen LogP contribution in [0.2, 0.25) is 0 Å². The summed E-state index contributed by atoms with van der Waals surface area (Å²) in [6.07, 6.45) is 0.798. The predicted octanol–water partition coefficient (Wildman–Crippen LogP) is 1.08. The zero-order chi connectivity index (χ0) is 13.2. The molecule has 0 radical (unpaired) electrons. The largest absolute Gasteiger partial charge is 0.312 e. The van der Waals surface area contributed by atoms with Gasteiger partial charge in [-0.1, -0.05) is 18.2 Å². The van der Waals surface area contributed by atoms with Crippen molar-refractivity contribution in [1.29, 1.82) is 0 Å². The molecule has 4 nitrogen and oxygen atoms in total. The molecule has 0 saturated heterocycles. The summed E-state index contributed by atoms with van der Waals surface area (Å²) in [5.41, 5.74) is 2.16. The van der Waals surface area contributed by atoms with Crippen molar-refractivity contribution in [2.45, 2.75) is 19.5 Å². The summed E-state index contributed by atoms with van der Waals surface area (Å²) >= 11 is 0. The maximum atomic E-state index is 13.6. The second kappa shape index (κ2) is 4.93. The number of fused-ring (bicyclic) bond motifs is 1. The highest BCUT2D eigenvalue weighted by Gasteiger charge is 2.13. The van der Waals surface area contributed by atoms with Crippen LogP contribution in [-0.2, 0) is 19.5 Å². The topological polar surface area (TPSA) is 46.9 Å². The minimum absolute atomic E-state index is 0.173. The Bertz CT molecular complexity index is 666. The first-order chi connectivity index (χ1) is 9.24. The van der Waals surface area contributed by atoms with Gasteiger partial charge in [0.15, 0.2) is 0 Å². The van der Waals surface area contributed by atoms with Crippen molar-refractivity contribution in [3.05, 3.63) is 63.3 Å². The average molecular weight is 259 g/mol. The molecule has 0 atom stereocenters. The summed E-state index contributed by atoms with van der Waals surface area (Å²) < 4.78 is 14.9. The molecule has 2 heterocycles. The van der Waals surface area contributed by atoms with E-state index in [1.165, 1.54) is 10.7 Å². The van der Waals surface area contributed by atoms with Crippen LogP contribution >= 0.6 is 0 Å². The maximum absolute atomic E-state index is 13.6. The lowest BCUT2D eigenvalue weighted by Gasteiger charge is -2.17. The quantitative estimate of drug-likeness (QED) is 0.877. The first-order valence-electron chi connectivity index (χ1n) is 6.28. The van der Waals surface area contributed by atoms with Crippen LogP contribution in [0.3, 0.4) is 0 Å². The second-order valence-corrected chi connectivity index (χ2v) is 4.63. The standard InChI is InChI=1S/C14H14FN3O/c15-12-4-2-1-3-10(12)9-18-14(19)7-11-8-16-6-5-13(11)17-18/h1-4,7,16H,5-6,8-9H2. The minimum Gasteiger partial charge on any atom is -0.312 e. The maximum Gasteiger partial charge on any atom is 0.267 e. The predicted molar refractivity (Wildman–Crippen MR) is 69.4 cm³/mol. The Balaban J connectivity index is 1.97. The van der Waals surface area contributed by atoms with E-state index in [9.17, 15) is 9.18 Å². The Morgan fingerprint density at radius 2 is 2.21 bits per heavy atom. The van der Waals surface area contributed by atoms with E-state index in [0.717, 1.165) is 24.2 Å². The van der Waals surface area contributed by atoms with Gasteiger partial charge in [0, 0.05) is 31.1 Å². The van der Waals surface area contributed by atoms with E-state index < -0.39 is 0 Å². The van der Waals surface area contributed by atoms with Crippen molar-refractivity contribution in [3.8, 4) is 0 Å². The Morgan fingerprint density at radius 1 is 1.37 bits per heavy atom. The lowest BCUT2D eigenvalue weighted by molar-refractivity contribution is 0.543. The van der Waals surface area contributed by atoms with Crippen molar-refractivity contribution in [2.24, 2.45) is 0 Å². The number of hydrogen-bond acceptors (Lipinski definition) is 3. The van der Waals surface area contributed by atoms with E-state index in [2.05, 4.69) is 10.4 Å². The zero-order valence-corrected chi connectivity index (χ0v) is 10.4. The summed E-state index contributed by atoms with van der Waals surface area (Å²) in [6, 6.07) is 8.04. The van der Waals surface area contributed by atoms with Crippen LogP contribution < -0.4 is 10.9 Å². The molecular weight excluding hydrogens is 245 g/mol. The third kappa shape index (κ3) is 2.42. The van der Waals surface area contributed by atoms with Crippen LogP contribution in [-0.4, -0.2) is 16.3 Å². The number of nitrogens with zero attached hydrogens (tertiary/aromatic N) is 2. The van der Waals surface area contributed by atoms with Crippen LogP contribution in [0.25, 0.3) is 0 Å². The Morgan fingerprint density at radius 3 is 3.05 bits per heavy atom. The summed E-state index contributed by atoms with van der Waals surface area (Å²) in [6.45, 7) is 1.71. The molecule has 0 bridgehead atoms. The minimum atomic E-state index is -0.310. The molecule has 19 heavy (non-hydrogen) atoms. The molecule has 98 valence electrons. The molecule has 0 fully saturated rings. The number of rotatable bonds is 2. The first kappa shape index (κ1) is 12.0. The van der Waals surface area contributed by atoms with Crippen molar-refractivity contribution < 1.29 is 4.39 Å². The fourth-order valence-corrected chi connectivity index (χ4v) is 2.26. The second-order valence-electron chi connectivity index (χ2n) is 4.63. The van der Waals surface area contributed by atoms with Gasteiger partial charge in [-0.2, -0.15) is 5.10 Å². The summed E-state index contributed by atoms with van der Waals surface area (Å²) in [5, 5.41) is 7.54. The number of aromatic nitrogens is 2. The number of nitrogens with one attached hydrogen (secondary N) is 1. The average Bonchev–Trinajstić information content (AvgIpc) is 2.42. The normalized spacial score (nSPS) is 14.2. The highest BCUT2D eigenvalue weighted by atomic mass is 19.1. The van der Waals surface area contributed by atoms with Crippen molar-refractivity contribution >= 4 is 0 Å². The smallest absolute Gasteiger partial charge is 0.267 e. The van der Waals surface area contributed by atoms with Crippen LogP contribution in [0.1, 0.15) is 16.8 Å². The van der Waals surface area contributed by atoms with E-state index in [4.69, 9.17) is 0 Å². The van der Waals surface area contributed by atoms with Crippen molar-refractivity contribution in [3.63, 3.8) is 0 Å². The molecule has 0 amide bonds. The first-order valence-corrected chi connectivity index (χ1v) is 6.28. The number of halogens is 1. The monoisotopic (exact) mass is 259 g/mol. The molecule has 1 N–H and O–H groups in total. The van der Waals surface area contributed by atoms with E-state index in [1.807, 2.05) is 0 Å². The molecule has 1 aromatic carbocycles. The fourth-order valence-electron chi connectivity index (χ4n) is 2.26. The van der Waals surface area contributed by atoms with Gasteiger partial charge in [-0.05, 0) is 11.6 Å². The number of benzene rings is 1. The van der Waals surface area contributed by atoms with Gasteiger partial charge >= 0.3 is 0 Å². The van der Waals surface area contributed by atoms with E-state index >= 15 is 0 Å². The van der Waals surface area contributed by atoms with E-state index in [-0.39, 0.29) is 17.9 Å². The molecule has 1 aliphatic heterocycles. The van der Waals surface area contributed by atoms with Gasteiger partial charge in [-0.25, -0.2) is 9.07 Å². The van der Waals surface area contributed by atoms with Gasteiger partial charge in [0.25, 0.3) is 5.56 Å². The van der Waals surface area contributed by atoms with Crippen LogP contribution in [0.15, 0.2) is 35.1 Å². The highest BCUT2D eigenvalue weighted by Crippen LogP contribution is 2.10. The SMILES string of the molecule is O=c1cc2c(nn1Cc1ccccc1F)CCNC2. The molecule has 1 aromatic heterocycles. The van der Waals surface area contributed by atoms with Gasteiger partial charge in [0.1, 0.15) is 5.82 Å². The Kier molecular flexibility index (Phi) is 3.13.